The first kappa shape index (κ1) is 85.0. The Morgan fingerprint density at radius 2 is 0.690 bits per heavy atom. The predicted octanol–water partition coefficient (Wildman–Crippen LogP) is 13.7. The first-order chi connectivity index (χ1) is 60.8. The maximum Gasteiger partial charge on any atom is 0.255 e. The highest BCUT2D eigenvalue weighted by molar-refractivity contribution is 6.12. The summed E-state index contributed by atoms with van der Waals surface area (Å²) in [5, 5.41) is 14.4. The van der Waals surface area contributed by atoms with Crippen LogP contribution >= 0.6 is 0 Å². The molecule has 33 heteroatoms. The van der Waals surface area contributed by atoms with E-state index in [4.69, 9.17) is 15.0 Å². The van der Waals surface area contributed by atoms with Crippen molar-refractivity contribution in [1.82, 2.24) is 93.4 Å². The zero-order valence-electron chi connectivity index (χ0n) is 72.2. The maximum atomic E-state index is 14.2. The molecule has 16 aromatic rings. The monoisotopic (exact) mass is 1720 g/mol. The summed E-state index contributed by atoms with van der Waals surface area (Å²) in [6, 6.07) is 28.0. The molecule has 16 heterocycles. The number of amides is 4. The van der Waals surface area contributed by atoms with Gasteiger partial charge in [0, 0.05) is 204 Å². The molecule has 0 unspecified atom stereocenters. The van der Waals surface area contributed by atoms with Crippen molar-refractivity contribution in [2.75, 3.05) is 160 Å². The first-order valence-corrected chi connectivity index (χ1v) is 42.8. The normalized spacial score (nSPS) is 16.5. The number of fused-ring (bicyclic) bond motifs is 20. The van der Waals surface area contributed by atoms with E-state index in [-0.39, 0.29) is 40.2 Å². The Balaban J connectivity index is 0.000000119. The van der Waals surface area contributed by atoms with Crippen LogP contribution in [0.3, 0.4) is 0 Å². The summed E-state index contributed by atoms with van der Waals surface area (Å²) >= 11 is 0. The van der Waals surface area contributed by atoms with Crippen LogP contribution in [-0.2, 0) is 0 Å². The van der Waals surface area contributed by atoms with E-state index in [1.54, 1.807) is 57.9 Å². The number of aryl methyl sites for hydroxylation is 2. The Kier molecular flexibility index (Phi) is 23.7. The van der Waals surface area contributed by atoms with E-state index in [2.05, 4.69) is 135 Å². The molecule has 20 rings (SSSR count). The van der Waals surface area contributed by atoms with E-state index in [1.807, 2.05) is 67.8 Å². The SMILES string of the molecule is CCNC(=O)c1cc2c(N3CCCN(C)CC3)ccnc2n2c1nc1cc(F)c(F)cc12.CCNC(=O)c1cc2c(N3C[C@H](C)C[C@H](C)C3)ccnc2n2c1nc1cc(F)c(F)cc12.CNC(=O)c1cc2c(N3CCCN(C)CC3)cc(C)nc2n2c1nc1cc(F)c(F)cc12.CNC(=O)c1cc2c(N3CCCN(C)CC3)ccnc2n2c1nc1ccc(C)cc12. The standard InChI is InChI=1S/C24H25F2N5O.2C23H24F2N6O.C23H26N6O/c1-4-27-24(32)16-8-15-20(30-11-13(2)7-14(3)12-30)5-6-28-22(15)31-21-10-18(26)17(25)9-19(21)29-23(16)31;1-13-9-19(30-6-4-5-29(3)7-8-30)14-10-15(23(32)26-2)22-28-18-11-16(24)17(25)12-20(18)31(22)21(14)27-13;1-3-26-23(32)15-11-14-19(30-8-4-7-29(2)9-10-30)5-6-27-21(14)31-20-13-17(25)16(24)12-18(20)28-22(15)31;1-15-5-6-18-20(13-15)29-21-16(14-17(22(29)26-18)23(30)24-2)19(7-8-25-21)28-10-4-9-27(3)11-12-28/h5-6,8-10,13-14H,4,7,11-12H2,1-3H3,(H,27,32);9-12H,4-8H2,1-3H3,(H,26,32);5-6,11-13H,3-4,7-10H2,1-2H3,(H,26,32);5-8,13-14H,4,9-12H2,1-3H3,(H,24,30)/t13-,14+;;;. The minimum atomic E-state index is -0.981. The quantitative estimate of drug-likeness (QED) is 0.0928. The van der Waals surface area contributed by atoms with E-state index in [9.17, 15) is 45.5 Å². The summed E-state index contributed by atoms with van der Waals surface area (Å²) in [4.78, 5) is 105. The third-order valence-corrected chi connectivity index (χ3v) is 24.3. The smallest absolute Gasteiger partial charge is 0.255 e. The zero-order chi connectivity index (χ0) is 88.4. The average molecular weight is 1720 g/mol. The van der Waals surface area contributed by atoms with Crippen molar-refractivity contribution in [2.24, 2.45) is 11.8 Å². The third-order valence-electron chi connectivity index (χ3n) is 24.3. The predicted molar refractivity (Wildman–Crippen MR) is 482 cm³/mol. The lowest BCUT2D eigenvalue weighted by atomic mass is 9.91. The van der Waals surface area contributed by atoms with Gasteiger partial charge in [0.2, 0.25) is 0 Å². The van der Waals surface area contributed by atoms with Crippen LogP contribution in [0.1, 0.15) is 106 Å². The number of imidazole rings is 4. The molecule has 4 fully saturated rings. The van der Waals surface area contributed by atoms with Gasteiger partial charge in [0.1, 0.15) is 22.6 Å². The fourth-order valence-corrected chi connectivity index (χ4v) is 18.3. The van der Waals surface area contributed by atoms with Crippen LogP contribution in [0.25, 0.3) is 111 Å². The molecule has 0 radical (unpaired) electrons. The number of hydrogen-bond acceptors (Lipinski definition) is 19. The molecule has 4 aromatic carbocycles. The van der Waals surface area contributed by atoms with Crippen LogP contribution in [0.15, 0.2) is 122 Å². The topological polar surface area (TPSA) is 260 Å². The van der Waals surface area contributed by atoms with Gasteiger partial charge in [-0.25, -0.2) is 66.2 Å². The van der Waals surface area contributed by atoms with Crippen LogP contribution < -0.4 is 40.9 Å². The number of likely N-dealkylation sites (N-methyl/N-ethyl adjacent to an activating group) is 3. The van der Waals surface area contributed by atoms with Gasteiger partial charge < -0.3 is 55.6 Å². The fourth-order valence-electron chi connectivity index (χ4n) is 18.3. The number of halogens is 6. The second kappa shape index (κ2) is 35.1. The number of nitrogens with zero attached hydrogens (tertiary/aromatic N) is 19. The Morgan fingerprint density at radius 3 is 1.07 bits per heavy atom. The minimum Gasteiger partial charge on any atom is -0.370 e. The number of carbonyl (C=O) groups is 4. The van der Waals surface area contributed by atoms with Crippen LogP contribution in [0.5, 0.6) is 0 Å². The van der Waals surface area contributed by atoms with Crippen molar-refractivity contribution in [3.63, 3.8) is 0 Å². The van der Waals surface area contributed by atoms with Gasteiger partial charge in [0.25, 0.3) is 23.6 Å². The molecule has 126 heavy (non-hydrogen) atoms. The maximum absolute atomic E-state index is 14.2. The van der Waals surface area contributed by atoms with Crippen molar-refractivity contribution in [1.29, 1.82) is 0 Å². The van der Waals surface area contributed by atoms with Gasteiger partial charge in [0.15, 0.2) is 57.5 Å². The number of hydrogen-bond donors (Lipinski definition) is 4. The number of pyridine rings is 8. The molecule has 27 nitrogen and oxygen atoms in total. The lowest BCUT2D eigenvalue weighted by Gasteiger charge is -2.37. The van der Waals surface area contributed by atoms with E-state index < -0.39 is 34.9 Å². The van der Waals surface area contributed by atoms with Crippen molar-refractivity contribution in [3.8, 4) is 0 Å². The summed E-state index contributed by atoms with van der Waals surface area (Å²) in [7, 11) is 9.59. The van der Waals surface area contributed by atoms with Crippen LogP contribution in [-0.4, -0.2) is 236 Å². The molecule has 4 aliphatic heterocycles. The van der Waals surface area contributed by atoms with Crippen molar-refractivity contribution >= 4 is 157 Å². The molecule has 12 aromatic heterocycles. The van der Waals surface area contributed by atoms with E-state index >= 15 is 0 Å². The molecule has 0 saturated carbocycles. The van der Waals surface area contributed by atoms with Crippen molar-refractivity contribution in [3.05, 3.63) is 190 Å². The van der Waals surface area contributed by atoms with Gasteiger partial charge in [-0.05, 0) is 172 Å². The summed E-state index contributed by atoms with van der Waals surface area (Å²) in [6.45, 7) is 26.2. The summed E-state index contributed by atoms with van der Waals surface area (Å²) in [5.74, 6) is -5.80. The van der Waals surface area contributed by atoms with Gasteiger partial charge in [-0.15, -0.1) is 0 Å². The average Bonchev–Trinajstić information content (AvgIpc) is 1.53. The Morgan fingerprint density at radius 1 is 0.357 bits per heavy atom. The molecule has 4 aliphatic rings. The Hall–Kier alpha value is -13.1. The fraction of sp³-hybridized carbons (Fsp3) is 0.355. The molecule has 2 atom stereocenters. The highest BCUT2D eigenvalue weighted by atomic mass is 19.2. The van der Waals surface area contributed by atoms with Gasteiger partial charge in [-0.3, -0.25) is 36.8 Å². The van der Waals surface area contributed by atoms with E-state index in [0.29, 0.717) is 103 Å². The molecule has 0 spiro atoms. The van der Waals surface area contributed by atoms with Crippen molar-refractivity contribution in [2.45, 2.75) is 67.2 Å². The van der Waals surface area contributed by atoms with Crippen molar-refractivity contribution < 1.29 is 45.5 Å². The lowest BCUT2D eigenvalue weighted by Crippen LogP contribution is -2.38. The highest BCUT2D eigenvalue weighted by Gasteiger charge is 2.31. The van der Waals surface area contributed by atoms with Gasteiger partial charge in [-0.2, -0.15) is 0 Å². The number of rotatable bonds is 10. The molecule has 4 N–H and O–H groups in total. The van der Waals surface area contributed by atoms with Crippen LogP contribution in [0, 0.1) is 60.6 Å². The van der Waals surface area contributed by atoms with Gasteiger partial charge >= 0.3 is 0 Å². The summed E-state index contributed by atoms with van der Waals surface area (Å²) in [6.07, 6.45) is 9.62. The first-order valence-electron chi connectivity index (χ1n) is 42.8. The number of nitrogens with one attached hydrogen (secondary N) is 4. The van der Waals surface area contributed by atoms with Gasteiger partial charge in [0.05, 0.1) is 66.4 Å². The number of aromatic nitrogens is 12. The lowest BCUT2D eigenvalue weighted by molar-refractivity contribution is 0.0948. The molecular formula is C93H99F6N23O4. The second-order valence-electron chi connectivity index (χ2n) is 33.5. The summed E-state index contributed by atoms with van der Waals surface area (Å²) < 4.78 is 91.3. The van der Waals surface area contributed by atoms with Gasteiger partial charge in [-0.1, -0.05) is 19.9 Å². The molecular weight excluding hydrogens is 1620 g/mol. The molecule has 0 aliphatic carbocycles. The Bertz CT molecular complexity index is 7020. The molecule has 4 saturated heterocycles. The third kappa shape index (κ3) is 16.0. The molecule has 0 bridgehead atoms. The highest BCUT2D eigenvalue weighted by Crippen LogP contribution is 2.40. The molecule has 652 valence electrons. The second-order valence-corrected chi connectivity index (χ2v) is 33.5. The minimum absolute atomic E-state index is 0.140. The molecule has 4 amide bonds. The number of piperidine rings is 1. The van der Waals surface area contributed by atoms with Crippen LogP contribution in [0.2, 0.25) is 0 Å². The zero-order valence-corrected chi connectivity index (χ0v) is 72.2. The Labute approximate surface area is 721 Å². The van der Waals surface area contributed by atoms with E-state index in [1.165, 1.54) is 6.42 Å². The van der Waals surface area contributed by atoms with Crippen LogP contribution in [0.4, 0.5) is 49.1 Å². The largest absolute Gasteiger partial charge is 0.370 e. The number of benzene rings is 4. The number of carbonyl (C=O) groups excluding carboxylic acids is 4. The van der Waals surface area contributed by atoms with E-state index in [0.717, 1.165) is 220 Å². The number of anilines is 4. The summed E-state index contributed by atoms with van der Waals surface area (Å²) in [5.41, 5.74) is 15.4.